The van der Waals surface area contributed by atoms with Crippen LogP contribution in [0.4, 0.5) is 15.8 Å². The minimum Gasteiger partial charge on any atom is -0.312 e. The summed E-state index contributed by atoms with van der Waals surface area (Å²) in [5, 5.41) is 0. The quantitative estimate of drug-likeness (QED) is 0.787. The van der Waals surface area contributed by atoms with E-state index in [0.717, 1.165) is 10.2 Å². The Bertz CT molecular complexity index is 749. The van der Waals surface area contributed by atoms with Gasteiger partial charge in [-0.05, 0) is 48.5 Å². The first-order valence-corrected chi connectivity index (χ1v) is 8.19. The molecule has 1 saturated heterocycles. The summed E-state index contributed by atoms with van der Waals surface area (Å²) in [6, 6.07) is 13.0. The van der Waals surface area contributed by atoms with Gasteiger partial charge in [-0.3, -0.25) is 20.4 Å². The van der Waals surface area contributed by atoms with Gasteiger partial charge in [-0.2, -0.15) is 0 Å². The van der Waals surface area contributed by atoms with Crippen LogP contribution in [0.2, 0.25) is 0 Å². The molecule has 0 bridgehead atoms. The van der Waals surface area contributed by atoms with Crippen LogP contribution in [0.1, 0.15) is 6.42 Å². The summed E-state index contributed by atoms with van der Waals surface area (Å²) in [5.41, 5.74) is 6.62. The summed E-state index contributed by atoms with van der Waals surface area (Å²) in [6.45, 7) is 0.331. The highest BCUT2D eigenvalue weighted by atomic mass is 79.9. The molecule has 2 amide bonds. The smallest absolute Gasteiger partial charge is 0.243 e. The second-order valence-corrected chi connectivity index (χ2v) is 6.42. The van der Waals surface area contributed by atoms with Crippen LogP contribution in [0.5, 0.6) is 0 Å². The zero-order valence-corrected chi connectivity index (χ0v) is 14.2. The molecule has 0 spiro atoms. The number of hydrogen-bond donors (Lipinski definition) is 2. The molecule has 2 aromatic carbocycles. The largest absolute Gasteiger partial charge is 0.312 e. The number of nitrogens with one attached hydrogen (secondary N) is 2. The minimum atomic E-state index is -0.436. The van der Waals surface area contributed by atoms with Crippen LogP contribution in [-0.2, 0) is 9.59 Å². The first-order chi connectivity index (χ1) is 11.5. The Morgan fingerprint density at radius 2 is 1.79 bits per heavy atom. The van der Waals surface area contributed by atoms with Crippen molar-refractivity contribution in [2.75, 3.05) is 16.9 Å². The number of benzene rings is 2. The topological polar surface area (TPSA) is 61.4 Å². The summed E-state index contributed by atoms with van der Waals surface area (Å²) in [7, 11) is 0. The molecule has 1 atom stereocenters. The standard InChI is InChI=1S/C17H15BrFN3O2/c18-12-1-7-15(8-2-12)22-10-11(9-16(22)23)17(24)21-20-14-5-3-13(19)4-6-14/h1-8,11,20H,9-10H2,(H,21,24). The molecular formula is C17H15BrFN3O2. The monoisotopic (exact) mass is 391 g/mol. The van der Waals surface area contributed by atoms with E-state index in [1.165, 1.54) is 24.3 Å². The van der Waals surface area contributed by atoms with Crippen LogP contribution >= 0.6 is 15.9 Å². The molecular weight excluding hydrogens is 377 g/mol. The van der Waals surface area contributed by atoms with Gasteiger partial charge in [0.2, 0.25) is 11.8 Å². The molecule has 1 heterocycles. The Morgan fingerprint density at radius 3 is 2.46 bits per heavy atom. The highest BCUT2D eigenvalue weighted by Gasteiger charge is 2.35. The predicted octanol–water partition coefficient (Wildman–Crippen LogP) is 3.08. The van der Waals surface area contributed by atoms with Gasteiger partial charge in [0.15, 0.2) is 0 Å². The molecule has 7 heteroatoms. The van der Waals surface area contributed by atoms with E-state index in [4.69, 9.17) is 0 Å². The van der Waals surface area contributed by atoms with E-state index in [1.54, 1.807) is 4.90 Å². The Balaban J connectivity index is 1.59. The third-order valence-corrected chi connectivity index (χ3v) is 4.34. The van der Waals surface area contributed by atoms with Crippen LogP contribution in [0.15, 0.2) is 53.0 Å². The molecule has 0 saturated carbocycles. The summed E-state index contributed by atoms with van der Waals surface area (Å²) in [6.07, 6.45) is 0.160. The lowest BCUT2D eigenvalue weighted by molar-refractivity contribution is -0.125. The number of nitrogens with zero attached hydrogens (tertiary/aromatic N) is 1. The molecule has 0 aromatic heterocycles. The van der Waals surface area contributed by atoms with Crippen molar-refractivity contribution in [3.05, 3.63) is 58.8 Å². The van der Waals surface area contributed by atoms with E-state index in [0.29, 0.717) is 12.2 Å². The van der Waals surface area contributed by atoms with Crippen LogP contribution in [0.3, 0.4) is 0 Å². The zero-order valence-electron chi connectivity index (χ0n) is 12.6. The molecule has 124 valence electrons. The molecule has 1 aliphatic heterocycles. The predicted molar refractivity (Wildman–Crippen MR) is 92.8 cm³/mol. The van der Waals surface area contributed by atoms with Gasteiger partial charge >= 0.3 is 0 Å². The third kappa shape index (κ3) is 3.73. The first-order valence-electron chi connectivity index (χ1n) is 7.40. The molecule has 5 nitrogen and oxygen atoms in total. The van der Waals surface area contributed by atoms with Gasteiger partial charge in [0.25, 0.3) is 0 Å². The lowest BCUT2D eigenvalue weighted by Crippen LogP contribution is -2.36. The number of carbonyl (C=O) groups excluding carboxylic acids is 2. The maximum atomic E-state index is 12.8. The Hall–Kier alpha value is -2.41. The maximum Gasteiger partial charge on any atom is 0.243 e. The van der Waals surface area contributed by atoms with Crippen molar-refractivity contribution >= 4 is 39.1 Å². The second-order valence-electron chi connectivity index (χ2n) is 5.50. The van der Waals surface area contributed by atoms with Gasteiger partial charge in [-0.25, -0.2) is 4.39 Å². The number of anilines is 2. The number of carbonyl (C=O) groups is 2. The minimum absolute atomic E-state index is 0.0840. The normalized spacial score (nSPS) is 17.0. The molecule has 0 radical (unpaired) electrons. The van der Waals surface area contributed by atoms with Gasteiger partial charge in [-0.15, -0.1) is 0 Å². The molecule has 1 aliphatic rings. The number of hydrazine groups is 1. The molecule has 1 unspecified atom stereocenters. The number of amides is 2. The Labute approximate surface area is 146 Å². The zero-order chi connectivity index (χ0) is 17.1. The fourth-order valence-electron chi connectivity index (χ4n) is 2.52. The first kappa shape index (κ1) is 16.4. The third-order valence-electron chi connectivity index (χ3n) is 3.81. The highest BCUT2D eigenvalue weighted by molar-refractivity contribution is 9.10. The van der Waals surface area contributed by atoms with Gasteiger partial charge < -0.3 is 4.90 Å². The van der Waals surface area contributed by atoms with E-state index in [1.807, 2.05) is 24.3 Å². The van der Waals surface area contributed by atoms with E-state index in [9.17, 15) is 14.0 Å². The lowest BCUT2D eigenvalue weighted by atomic mass is 10.1. The van der Waals surface area contributed by atoms with Crippen LogP contribution < -0.4 is 15.8 Å². The van der Waals surface area contributed by atoms with E-state index in [-0.39, 0.29) is 24.1 Å². The van der Waals surface area contributed by atoms with Crippen LogP contribution in [-0.4, -0.2) is 18.4 Å². The lowest BCUT2D eigenvalue weighted by Gasteiger charge is -2.17. The van der Waals surface area contributed by atoms with Crippen LogP contribution in [0.25, 0.3) is 0 Å². The summed E-state index contributed by atoms with van der Waals surface area (Å²) in [4.78, 5) is 26.0. The molecule has 2 N–H and O–H groups in total. The summed E-state index contributed by atoms with van der Waals surface area (Å²) >= 11 is 3.35. The Morgan fingerprint density at radius 1 is 1.12 bits per heavy atom. The number of rotatable bonds is 4. The second kappa shape index (κ2) is 7.00. The van der Waals surface area contributed by atoms with E-state index in [2.05, 4.69) is 26.8 Å². The fourth-order valence-corrected chi connectivity index (χ4v) is 2.79. The summed E-state index contributed by atoms with van der Waals surface area (Å²) < 4.78 is 13.8. The Kier molecular flexibility index (Phi) is 4.80. The molecule has 3 rings (SSSR count). The van der Waals surface area contributed by atoms with Crippen molar-refractivity contribution < 1.29 is 14.0 Å². The average Bonchev–Trinajstić information content (AvgIpc) is 2.97. The van der Waals surface area contributed by atoms with Crippen molar-refractivity contribution in [1.29, 1.82) is 0 Å². The average molecular weight is 392 g/mol. The number of halogens is 2. The maximum absolute atomic E-state index is 12.8. The van der Waals surface area contributed by atoms with Crippen LogP contribution in [0, 0.1) is 11.7 Å². The molecule has 0 aliphatic carbocycles. The molecule has 1 fully saturated rings. The van der Waals surface area contributed by atoms with Crippen molar-refractivity contribution in [1.82, 2.24) is 5.43 Å². The van der Waals surface area contributed by atoms with Gasteiger partial charge in [0, 0.05) is 23.1 Å². The SMILES string of the molecule is O=C(NNc1ccc(F)cc1)C1CC(=O)N(c2ccc(Br)cc2)C1. The number of hydrogen-bond acceptors (Lipinski definition) is 3. The van der Waals surface area contributed by atoms with E-state index < -0.39 is 5.92 Å². The van der Waals surface area contributed by atoms with Crippen molar-refractivity contribution in [3.63, 3.8) is 0 Å². The van der Waals surface area contributed by atoms with Crippen molar-refractivity contribution in [3.8, 4) is 0 Å². The van der Waals surface area contributed by atoms with Gasteiger partial charge in [0.05, 0.1) is 11.6 Å². The summed E-state index contributed by atoms with van der Waals surface area (Å²) in [5.74, 6) is -1.14. The van der Waals surface area contributed by atoms with Gasteiger partial charge in [0.1, 0.15) is 5.82 Å². The molecule has 2 aromatic rings. The van der Waals surface area contributed by atoms with E-state index >= 15 is 0 Å². The van der Waals surface area contributed by atoms with Crippen molar-refractivity contribution in [2.45, 2.75) is 6.42 Å². The highest BCUT2D eigenvalue weighted by Crippen LogP contribution is 2.26. The molecule has 24 heavy (non-hydrogen) atoms. The fraction of sp³-hybridized carbons (Fsp3) is 0.176. The van der Waals surface area contributed by atoms with Crippen molar-refractivity contribution in [2.24, 2.45) is 5.92 Å². The van der Waals surface area contributed by atoms with Gasteiger partial charge in [-0.1, -0.05) is 15.9 Å².